The summed E-state index contributed by atoms with van der Waals surface area (Å²) >= 11 is 0. The van der Waals surface area contributed by atoms with Gasteiger partial charge in [-0.05, 0) is 89.4 Å². The zero-order valence-electron chi connectivity index (χ0n) is 31.1. The molecule has 0 N–H and O–H groups in total. The molecule has 1 aliphatic carbocycles. The van der Waals surface area contributed by atoms with E-state index in [9.17, 15) is 0 Å². The molecule has 49 heavy (non-hydrogen) atoms. The third-order valence-electron chi connectivity index (χ3n) is 10.9. The Hall–Kier alpha value is -4.04. The van der Waals surface area contributed by atoms with Gasteiger partial charge >= 0.3 is 0 Å². The summed E-state index contributed by atoms with van der Waals surface area (Å²) in [4.78, 5) is 5.13. The highest BCUT2D eigenvalue weighted by atomic mass is 15.2. The second kappa shape index (κ2) is 16.6. The summed E-state index contributed by atoms with van der Waals surface area (Å²) in [7, 11) is 0. The number of fused-ring (bicyclic) bond motifs is 4. The van der Waals surface area contributed by atoms with Crippen molar-refractivity contribution in [2.24, 2.45) is 5.41 Å². The maximum atomic E-state index is 4.63. The van der Waals surface area contributed by atoms with Crippen molar-refractivity contribution in [2.45, 2.75) is 104 Å². The molecule has 258 valence electrons. The Morgan fingerprint density at radius 3 is 2.41 bits per heavy atom. The lowest BCUT2D eigenvalue weighted by Gasteiger charge is -2.39. The van der Waals surface area contributed by atoms with Crippen molar-refractivity contribution in [3.8, 4) is 0 Å². The van der Waals surface area contributed by atoms with Gasteiger partial charge in [0, 0.05) is 41.5 Å². The zero-order chi connectivity index (χ0) is 34.9. The molecule has 0 bridgehead atoms. The van der Waals surface area contributed by atoms with Crippen LogP contribution in [-0.2, 0) is 5.41 Å². The van der Waals surface area contributed by atoms with Crippen LogP contribution >= 0.6 is 0 Å². The fraction of sp³-hybridized carbons (Fsp3) is 0.404. The van der Waals surface area contributed by atoms with Crippen LogP contribution in [0.5, 0.6) is 0 Å². The minimum absolute atomic E-state index is 0.0344. The zero-order valence-corrected chi connectivity index (χ0v) is 31.1. The van der Waals surface area contributed by atoms with E-state index in [1.165, 1.54) is 70.6 Å². The van der Waals surface area contributed by atoms with Gasteiger partial charge in [-0.25, -0.2) is 0 Å². The van der Waals surface area contributed by atoms with Crippen LogP contribution in [0.2, 0.25) is 0 Å². The number of hydrogen-bond acceptors (Lipinski definition) is 2. The Kier molecular flexibility index (Phi) is 12.3. The number of allylic oxidation sites excluding steroid dienone is 8. The molecule has 3 aliphatic rings. The van der Waals surface area contributed by atoms with E-state index in [2.05, 4.69) is 161 Å². The van der Waals surface area contributed by atoms with Gasteiger partial charge in [0.25, 0.3) is 0 Å². The van der Waals surface area contributed by atoms with Crippen LogP contribution in [0.1, 0.15) is 109 Å². The van der Waals surface area contributed by atoms with E-state index in [1.54, 1.807) is 0 Å². The second-order valence-corrected chi connectivity index (χ2v) is 15.1. The topological polar surface area (TPSA) is 6.48 Å². The first-order valence-electron chi connectivity index (χ1n) is 18.9. The number of hydrogen-bond donors (Lipinski definition) is 0. The maximum absolute atomic E-state index is 4.63. The van der Waals surface area contributed by atoms with E-state index in [0.717, 1.165) is 44.3 Å². The highest BCUT2D eigenvalue weighted by molar-refractivity contribution is 5.78. The number of unbranched alkanes of at least 4 members (excludes halogenated alkanes) is 5. The largest absolute Gasteiger partial charge is 0.364 e. The Balaban J connectivity index is 1.37. The van der Waals surface area contributed by atoms with Gasteiger partial charge in [-0.15, -0.1) is 6.58 Å². The Bertz CT molecular complexity index is 1760. The molecule has 0 saturated heterocycles. The first kappa shape index (κ1) is 36.2. The monoisotopic (exact) mass is 652 g/mol. The lowest BCUT2D eigenvalue weighted by atomic mass is 9.75. The predicted molar refractivity (Wildman–Crippen MR) is 217 cm³/mol. The molecule has 2 heteroatoms. The van der Waals surface area contributed by atoms with Crippen LogP contribution in [0.25, 0.3) is 23.8 Å². The van der Waals surface area contributed by atoms with E-state index in [4.69, 9.17) is 0 Å². The van der Waals surface area contributed by atoms with E-state index in [0.29, 0.717) is 6.04 Å². The van der Waals surface area contributed by atoms with E-state index < -0.39 is 0 Å². The number of nitrogens with zero attached hydrogens (tertiary/aromatic N) is 2. The van der Waals surface area contributed by atoms with Crippen LogP contribution in [0.4, 0.5) is 5.69 Å². The molecule has 0 amide bonds. The highest BCUT2D eigenvalue weighted by Crippen LogP contribution is 2.45. The summed E-state index contributed by atoms with van der Waals surface area (Å²) in [6.07, 6.45) is 37.8. The van der Waals surface area contributed by atoms with Crippen LogP contribution in [0, 0.1) is 5.41 Å². The normalized spacial score (nSPS) is 21.0. The van der Waals surface area contributed by atoms with Crippen LogP contribution in [-0.4, -0.2) is 24.0 Å². The van der Waals surface area contributed by atoms with Crippen molar-refractivity contribution in [2.75, 3.05) is 18.0 Å². The minimum Gasteiger partial charge on any atom is -0.364 e. The van der Waals surface area contributed by atoms with E-state index in [1.807, 2.05) is 6.08 Å². The summed E-state index contributed by atoms with van der Waals surface area (Å²) in [5.41, 5.74) is 7.67. The molecule has 2 nitrogen and oxygen atoms in total. The molecule has 0 aromatic heterocycles. The quantitative estimate of drug-likeness (QED) is 0.114. The predicted octanol–water partition coefficient (Wildman–Crippen LogP) is 11.0. The van der Waals surface area contributed by atoms with Gasteiger partial charge in [-0.1, -0.05) is 145 Å². The van der Waals surface area contributed by atoms with Gasteiger partial charge in [-0.3, -0.25) is 0 Å². The average Bonchev–Trinajstić information content (AvgIpc) is 3.32. The van der Waals surface area contributed by atoms with E-state index in [-0.39, 0.29) is 10.8 Å². The van der Waals surface area contributed by atoms with Crippen molar-refractivity contribution in [3.05, 3.63) is 137 Å². The SMILES string of the molecule is C=CCCCCCN1/C=C\c2ccccc2C(=C)C(C)(C)/C1=C/C=C/C=C/C=C/C1N(CCCCC)c2ccc3c(c2C1(C)C)=CCCC=3. The number of anilines is 1. The Morgan fingerprint density at radius 1 is 0.837 bits per heavy atom. The molecule has 0 radical (unpaired) electrons. The van der Waals surface area contributed by atoms with Gasteiger partial charge in [0.1, 0.15) is 0 Å². The average molecular weight is 653 g/mol. The van der Waals surface area contributed by atoms with Gasteiger partial charge in [-0.2, -0.15) is 0 Å². The van der Waals surface area contributed by atoms with Gasteiger partial charge in [0.2, 0.25) is 0 Å². The van der Waals surface area contributed by atoms with Crippen LogP contribution < -0.4 is 15.3 Å². The van der Waals surface area contributed by atoms with Gasteiger partial charge < -0.3 is 9.80 Å². The Labute approximate surface area is 298 Å². The third kappa shape index (κ3) is 8.07. The molecule has 0 saturated carbocycles. The molecule has 0 fully saturated rings. The summed E-state index contributed by atoms with van der Waals surface area (Å²) < 4.78 is 0. The fourth-order valence-electron chi connectivity index (χ4n) is 8.00. The standard InChI is InChI=1S/C47H60N2/c1-8-10-12-16-24-34-48-36-33-39-26-19-21-27-40(39)37(3)46(4,5)43(48)29-17-14-13-15-18-30-44-47(6,7)45-41-28-22-20-25-38(41)31-32-42(45)49(44)35-23-11-9-2/h8,13-15,17-19,21,25-33,36,44H,1,3,9-12,16,20,22-24,34-35H2,2,4-7H3/b15-13+,17-14+,30-18+,36-33-,43-29-. The molecule has 0 spiro atoms. The third-order valence-corrected chi connectivity index (χ3v) is 10.9. The van der Waals surface area contributed by atoms with Crippen molar-refractivity contribution in [1.29, 1.82) is 0 Å². The minimum atomic E-state index is -0.228. The fourth-order valence-corrected chi connectivity index (χ4v) is 8.00. The number of benzene rings is 2. The summed E-state index contributed by atoms with van der Waals surface area (Å²) in [6.45, 7) is 22.4. The molecular weight excluding hydrogens is 593 g/mol. The lowest BCUT2D eigenvalue weighted by molar-refractivity contribution is 0.363. The molecule has 2 heterocycles. The summed E-state index contributed by atoms with van der Waals surface area (Å²) in [5.74, 6) is 0. The van der Waals surface area contributed by atoms with Gasteiger partial charge in [0.15, 0.2) is 0 Å². The molecule has 2 aromatic carbocycles. The van der Waals surface area contributed by atoms with Crippen molar-refractivity contribution < 1.29 is 0 Å². The van der Waals surface area contributed by atoms with Gasteiger partial charge in [0.05, 0.1) is 6.04 Å². The smallest absolute Gasteiger partial charge is 0.0568 e. The molecule has 2 aliphatic heterocycles. The Morgan fingerprint density at radius 2 is 1.59 bits per heavy atom. The molecule has 1 unspecified atom stereocenters. The first-order valence-corrected chi connectivity index (χ1v) is 18.9. The van der Waals surface area contributed by atoms with E-state index >= 15 is 0 Å². The molecular formula is C47H60N2. The highest BCUT2D eigenvalue weighted by Gasteiger charge is 2.43. The summed E-state index contributed by atoms with van der Waals surface area (Å²) in [6, 6.07) is 13.7. The van der Waals surface area contributed by atoms with Crippen molar-refractivity contribution in [1.82, 2.24) is 4.90 Å². The maximum Gasteiger partial charge on any atom is 0.0568 e. The number of rotatable bonds is 14. The van der Waals surface area contributed by atoms with Crippen LogP contribution in [0.3, 0.4) is 0 Å². The van der Waals surface area contributed by atoms with Crippen molar-refractivity contribution >= 4 is 29.5 Å². The summed E-state index contributed by atoms with van der Waals surface area (Å²) in [5, 5.41) is 2.89. The lowest BCUT2D eigenvalue weighted by Crippen LogP contribution is -2.42. The van der Waals surface area contributed by atoms with Crippen LogP contribution in [0.15, 0.2) is 110 Å². The molecule has 2 aromatic rings. The second-order valence-electron chi connectivity index (χ2n) is 15.1. The molecule has 1 atom stereocenters. The first-order chi connectivity index (χ1) is 23.7. The molecule has 5 rings (SSSR count). The van der Waals surface area contributed by atoms with Crippen molar-refractivity contribution in [3.63, 3.8) is 0 Å².